The van der Waals surface area contributed by atoms with Gasteiger partial charge in [0, 0.05) is 18.8 Å². The third kappa shape index (κ3) is 3.28. The highest BCUT2D eigenvalue weighted by Crippen LogP contribution is 2.19. The lowest BCUT2D eigenvalue weighted by atomic mass is 10.0. The Morgan fingerprint density at radius 1 is 1.09 bits per heavy atom. The number of carbonyl (C=O) groups excluding carboxylic acids is 1. The predicted molar refractivity (Wildman–Crippen MR) is 88.8 cm³/mol. The molecule has 0 unspecified atom stereocenters. The Labute approximate surface area is 130 Å². The maximum Gasteiger partial charge on any atom is 0.322 e. The fourth-order valence-corrected chi connectivity index (χ4v) is 2.79. The maximum atomic E-state index is 12.4. The number of nitrogens with two attached hydrogens (primary N) is 1. The van der Waals surface area contributed by atoms with Gasteiger partial charge in [-0.05, 0) is 48.2 Å². The zero-order valence-corrected chi connectivity index (χ0v) is 12.6. The number of nitrogens with one attached hydrogen (secondary N) is 1. The Kier molecular flexibility index (Phi) is 4.39. The standard InChI is InChI=1S/C18H21N3O/c19-11-9-14-5-7-17(8-6-14)20-18(22)21-12-10-15-3-1-2-4-16(15)13-21/h1-8H,9-13,19H2,(H,20,22). The van der Waals surface area contributed by atoms with Crippen LogP contribution in [0, 0.1) is 0 Å². The van der Waals surface area contributed by atoms with Gasteiger partial charge in [-0.1, -0.05) is 36.4 Å². The summed E-state index contributed by atoms with van der Waals surface area (Å²) in [5.74, 6) is 0. The molecule has 0 saturated heterocycles. The molecule has 0 radical (unpaired) electrons. The average Bonchev–Trinajstić information content (AvgIpc) is 2.56. The van der Waals surface area contributed by atoms with Crippen molar-refractivity contribution in [1.82, 2.24) is 4.90 Å². The first-order valence-electron chi connectivity index (χ1n) is 7.68. The Bertz CT molecular complexity index is 652. The van der Waals surface area contributed by atoms with Gasteiger partial charge in [0.1, 0.15) is 0 Å². The molecule has 2 amide bonds. The second kappa shape index (κ2) is 6.62. The summed E-state index contributed by atoms with van der Waals surface area (Å²) in [6.07, 6.45) is 1.77. The van der Waals surface area contributed by atoms with Crippen molar-refractivity contribution in [2.24, 2.45) is 5.73 Å². The minimum absolute atomic E-state index is 0.0407. The Morgan fingerprint density at radius 2 is 1.82 bits per heavy atom. The minimum Gasteiger partial charge on any atom is -0.330 e. The molecule has 1 heterocycles. The number of amides is 2. The molecule has 3 N–H and O–H groups in total. The highest BCUT2D eigenvalue weighted by atomic mass is 16.2. The van der Waals surface area contributed by atoms with Gasteiger partial charge < -0.3 is 16.0 Å². The fourth-order valence-electron chi connectivity index (χ4n) is 2.79. The van der Waals surface area contributed by atoms with Crippen LogP contribution in [0.5, 0.6) is 0 Å². The molecule has 0 fully saturated rings. The molecule has 0 saturated carbocycles. The van der Waals surface area contributed by atoms with Crippen LogP contribution in [0.2, 0.25) is 0 Å². The van der Waals surface area contributed by atoms with Gasteiger partial charge in [0.15, 0.2) is 0 Å². The highest BCUT2D eigenvalue weighted by Gasteiger charge is 2.20. The largest absolute Gasteiger partial charge is 0.330 e. The van der Waals surface area contributed by atoms with E-state index in [9.17, 15) is 4.79 Å². The molecule has 1 aliphatic heterocycles. The van der Waals surface area contributed by atoms with Gasteiger partial charge in [-0.3, -0.25) is 0 Å². The van der Waals surface area contributed by atoms with Crippen molar-refractivity contribution in [3.63, 3.8) is 0 Å². The molecular formula is C18H21N3O. The number of rotatable bonds is 3. The Hall–Kier alpha value is -2.33. The molecule has 1 aliphatic rings. The number of hydrogen-bond donors (Lipinski definition) is 2. The number of nitrogens with zero attached hydrogens (tertiary/aromatic N) is 1. The monoisotopic (exact) mass is 295 g/mol. The molecular weight excluding hydrogens is 274 g/mol. The van der Waals surface area contributed by atoms with Gasteiger partial charge in [-0.15, -0.1) is 0 Å². The summed E-state index contributed by atoms with van der Waals surface area (Å²) in [4.78, 5) is 14.2. The van der Waals surface area contributed by atoms with Crippen LogP contribution in [0.4, 0.5) is 10.5 Å². The van der Waals surface area contributed by atoms with E-state index in [0.29, 0.717) is 13.1 Å². The molecule has 2 aromatic rings. The van der Waals surface area contributed by atoms with Crippen LogP contribution < -0.4 is 11.1 Å². The van der Waals surface area contributed by atoms with Gasteiger partial charge in [0.05, 0.1) is 0 Å². The van der Waals surface area contributed by atoms with Crippen LogP contribution in [0.15, 0.2) is 48.5 Å². The normalized spacial score (nSPS) is 13.6. The minimum atomic E-state index is -0.0407. The number of urea groups is 1. The van der Waals surface area contributed by atoms with Crippen molar-refractivity contribution in [2.45, 2.75) is 19.4 Å². The van der Waals surface area contributed by atoms with Gasteiger partial charge in [0.25, 0.3) is 0 Å². The lowest BCUT2D eigenvalue weighted by Crippen LogP contribution is -2.38. The second-order valence-electron chi connectivity index (χ2n) is 5.61. The first-order chi connectivity index (χ1) is 10.8. The number of anilines is 1. The molecule has 0 atom stereocenters. The van der Waals surface area contributed by atoms with Crippen molar-refractivity contribution >= 4 is 11.7 Å². The predicted octanol–water partition coefficient (Wildman–Crippen LogP) is 2.78. The van der Waals surface area contributed by atoms with E-state index in [-0.39, 0.29) is 6.03 Å². The van der Waals surface area contributed by atoms with E-state index < -0.39 is 0 Å². The van der Waals surface area contributed by atoms with Crippen LogP contribution in [0.1, 0.15) is 16.7 Å². The summed E-state index contributed by atoms with van der Waals surface area (Å²) in [6.45, 7) is 2.07. The number of carbonyl (C=O) groups is 1. The smallest absolute Gasteiger partial charge is 0.322 e. The van der Waals surface area contributed by atoms with Crippen LogP contribution in [0.3, 0.4) is 0 Å². The molecule has 0 aliphatic carbocycles. The van der Waals surface area contributed by atoms with E-state index in [4.69, 9.17) is 5.73 Å². The van der Waals surface area contributed by atoms with Crippen LogP contribution in [-0.2, 0) is 19.4 Å². The lowest BCUT2D eigenvalue weighted by molar-refractivity contribution is 0.206. The third-order valence-corrected chi connectivity index (χ3v) is 4.06. The molecule has 4 heteroatoms. The van der Waals surface area contributed by atoms with Crippen molar-refractivity contribution < 1.29 is 4.79 Å². The van der Waals surface area contributed by atoms with E-state index >= 15 is 0 Å². The van der Waals surface area contributed by atoms with Crippen molar-refractivity contribution in [3.8, 4) is 0 Å². The molecule has 22 heavy (non-hydrogen) atoms. The molecule has 0 aromatic heterocycles. The lowest BCUT2D eigenvalue weighted by Gasteiger charge is -2.29. The van der Waals surface area contributed by atoms with E-state index in [0.717, 1.165) is 25.1 Å². The fraction of sp³-hybridized carbons (Fsp3) is 0.278. The summed E-state index contributed by atoms with van der Waals surface area (Å²) in [7, 11) is 0. The maximum absolute atomic E-state index is 12.4. The summed E-state index contributed by atoms with van der Waals surface area (Å²) >= 11 is 0. The first kappa shape index (κ1) is 14.6. The molecule has 2 aromatic carbocycles. The molecule has 4 nitrogen and oxygen atoms in total. The van der Waals surface area contributed by atoms with Crippen molar-refractivity contribution in [3.05, 3.63) is 65.2 Å². The SMILES string of the molecule is NCCc1ccc(NC(=O)N2CCc3ccccc3C2)cc1. The average molecular weight is 295 g/mol. The molecule has 0 bridgehead atoms. The van der Waals surface area contributed by atoms with Crippen molar-refractivity contribution in [2.75, 3.05) is 18.4 Å². The van der Waals surface area contributed by atoms with Crippen molar-refractivity contribution in [1.29, 1.82) is 0 Å². The van der Waals surface area contributed by atoms with Gasteiger partial charge in [-0.25, -0.2) is 4.79 Å². The summed E-state index contributed by atoms with van der Waals surface area (Å²) in [5.41, 5.74) is 10.1. The second-order valence-corrected chi connectivity index (χ2v) is 5.61. The zero-order valence-electron chi connectivity index (χ0n) is 12.6. The Morgan fingerprint density at radius 3 is 2.55 bits per heavy atom. The van der Waals surface area contributed by atoms with Crippen LogP contribution >= 0.6 is 0 Å². The van der Waals surface area contributed by atoms with Gasteiger partial charge in [-0.2, -0.15) is 0 Å². The van der Waals surface area contributed by atoms with Gasteiger partial charge in [0.2, 0.25) is 0 Å². The summed E-state index contributed by atoms with van der Waals surface area (Å²) in [5, 5.41) is 2.97. The topological polar surface area (TPSA) is 58.4 Å². The first-order valence-corrected chi connectivity index (χ1v) is 7.68. The van der Waals surface area contributed by atoms with Gasteiger partial charge >= 0.3 is 6.03 Å². The van der Waals surface area contributed by atoms with E-state index in [1.807, 2.05) is 35.2 Å². The summed E-state index contributed by atoms with van der Waals surface area (Å²) < 4.78 is 0. The number of fused-ring (bicyclic) bond motifs is 1. The third-order valence-electron chi connectivity index (χ3n) is 4.06. The number of benzene rings is 2. The summed E-state index contributed by atoms with van der Waals surface area (Å²) in [6, 6.07) is 16.1. The van der Waals surface area contributed by atoms with E-state index in [1.54, 1.807) is 0 Å². The Balaban J connectivity index is 1.63. The molecule has 114 valence electrons. The molecule has 0 spiro atoms. The quantitative estimate of drug-likeness (QED) is 0.914. The number of hydrogen-bond acceptors (Lipinski definition) is 2. The van der Waals surface area contributed by atoms with Crippen LogP contribution in [-0.4, -0.2) is 24.0 Å². The van der Waals surface area contributed by atoms with Crippen LogP contribution in [0.25, 0.3) is 0 Å². The van der Waals surface area contributed by atoms with E-state index in [1.165, 1.54) is 16.7 Å². The molecule has 3 rings (SSSR count). The van der Waals surface area contributed by atoms with E-state index in [2.05, 4.69) is 23.5 Å². The zero-order chi connectivity index (χ0) is 15.4. The highest BCUT2D eigenvalue weighted by molar-refractivity contribution is 5.89.